The molecule has 0 saturated heterocycles. The van der Waals surface area contributed by atoms with Crippen LogP contribution in [0.4, 0.5) is 0 Å². The summed E-state index contributed by atoms with van der Waals surface area (Å²) >= 11 is 1.63. The van der Waals surface area contributed by atoms with Crippen LogP contribution in [0.2, 0.25) is 0 Å². The molecule has 0 saturated carbocycles. The van der Waals surface area contributed by atoms with E-state index in [2.05, 4.69) is 4.98 Å². The average molecular weight is 265 g/mol. The van der Waals surface area contributed by atoms with Gasteiger partial charge < -0.3 is 14.9 Å². The van der Waals surface area contributed by atoms with Crippen molar-refractivity contribution in [3.05, 3.63) is 48.2 Å². The van der Waals surface area contributed by atoms with Gasteiger partial charge in [-0.2, -0.15) is 0 Å². The number of thiophene rings is 1. The van der Waals surface area contributed by atoms with E-state index in [4.69, 9.17) is 0 Å². The maximum atomic E-state index is 10.7. The van der Waals surface area contributed by atoms with Crippen LogP contribution in [0, 0.1) is 0 Å². The molecule has 1 aromatic carbocycles. The minimum absolute atomic E-state index is 0. The molecule has 0 spiro atoms. The number of aromatic nitrogens is 1. The third-order valence-corrected chi connectivity index (χ3v) is 3.75. The van der Waals surface area contributed by atoms with Crippen molar-refractivity contribution in [2.24, 2.45) is 0 Å². The van der Waals surface area contributed by atoms with Gasteiger partial charge in [0.25, 0.3) is 0 Å². The van der Waals surface area contributed by atoms with E-state index in [9.17, 15) is 9.90 Å². The van der Waals surface area contributed by atoms with Gasteiger partial charge in [0, 0.05) is 4.70 Å². The van der Waals surface area contributed by atoms with Crippen molar-refractivity contribution in [1.82, 2.24) is 4.98 Å². The second-order valence-corrected chi connectivity index (χ2v) is 4.81. The van der Waals surface area contributed by atoms with Crippen molar-refractivity contribution >= 4 is 27.4 Å². The molecular weight excluding hydrogens is 257 g/mol. The number of hydrogen-bond donors (Lipinski definition) is 1. The van der Waals surface area contributed by atoms with Gasteiger partial charge in [0.2, 0.25) is 0 Å². The summed E-state index contributed by atoms with van der Waals surface area (Å²) in [7, 11) is 0. The largest absolute Gasteiger partial charge is 1.00 e. The van der Waals surface area contributed by atoms with Crippen molar-refractivity contribution in [1.29, 1.82) is 0 Å². The first kappa shape index (κ1) is 13.4. The van der Waals surface area contributed by atoms with Crippen LogP contribution >= 0.6 is 11.3 Å². The number of hydrogen-bond acceptors (Lipinski definition) is 3. The van der Waals surface area contributed by atoms with Gasteiger partial charge in [-0.15, -0.1) is 11.3 Å². The second-order valence-electron chi connectivity index (χ2n) is 3.72. The van der Waals surface area contributed by atoms with Crippen LogP contribution < -0.4 is 34.7 Å². The average Bonchev–Trinajstić information content (AvgIpc) is 2.95. The van der Waals surface area contributed by atoms with Crippen molar-refractivity contribution in [2.45, 2.75) is 0 Å². The Balaban J connectivity index is 0.00000120. The predicted molar refractivity (Wildman–Crippen MR) is 65.9 cm³/mol. The van der Waals surface area contributed by atoms with Crippen LogP contribution in [-0.2, 0) is 0 Å². The Labute approximate surface area is 130 Å². The van der Waals surface area contributed by atoms with E-state index in [1.54, 1.807) is 17.4 Å². The van der Waals surface area contributed by atoms with Crippen molar-refractivity contribution in [2.75, 3.05) is 0 Å². The first-order valence-electron chi connectivity index (χ1n) is 5.13. The minimum Gasteiger partial charge on any atom is -0.543 e. The molecule has 3 nitrogen and oxygen atoms in total. The molecule has 0 aliphatic carbocycles. The smallest absolute Gasteiger partial charge is 0.543 e. The van der Waals surface area contributed by atoms with Crippen LogP contribution in [0.1, 0.15) is 10.5 Å². The van der Waals surface area contributed by atoms with Crippen molar-refractivity contribution in [3.63, 3.8) is 0 Å². The van der Waals surface area contributed by atoms with Crippen LogP contribution in [0.5, 0.6) is 0 Å². The summed E-state index contributed by atoms with van der Waals surface area (Å²) in [4.78, 5) is 14.5. The first-order chi connectivity index (χ1) is 8.24. The molecule has 0 bridgehead atoms. The van der Waals surface area contributed by atoms with Crippen LogP contribution in [0.3, 0.4) is 0 Å². The molecular formula is C13H8NNaO2S. The summed E-state index contributed by atoms with van der Waals surface area (Å²) in [6.45, 7) is 0. The van der Waals surface area contributed by atoms with Crippen LogP contribution in [-0.4, -0.2) is 11.0 Å². The number of carboxylic acid groups (broad SMARTS) is 1. The molecule has 5 heteroatoms. The van der Waals surface area contributed by atoms with Gasteiger partial charge in [-0.05, 0) is 29.7 Å². The quantitative estimate of drug-likeness (QED) is 0.621. The second kappa shape index (κ2) is 5.28. The Morgan fingerprint density at radius 2 is 1.94 bits per heavy atom. The van der Waals surface area contributed by atoms with E-state index in [-0.39, 0.29) is 35.3 Å². The van der Waals surface area contributed by atoms with Gasteiger partial charge in [-0.25, -0.2) is 0 Å². The van der Waals surface area contributed by atoms with Gasteiger partial charge in [-0.3, -0.25) is 0 Å². The molecule has 2 aromatic heterocycles. The third kappa shape index (κ3) is 2.37. The summed E-state index contributed by atoms with van der Waals surface area (Å²) in [5, 5.41) is 11.8. The number of aromatic carboxylic acids is 1. The van der Waals surface area contributed by atoms with Crippen molar-refractivity contribution in [3.8, 4) is 10.6 Å². The fraction of sp³-hybridized carbons (Fsp3) is 0. The molecule has 0 unspecified atom stereocenters. The summed E-state index contributed by atoms with van der Waals surface area (Å²) in [6.07, 6.45) is 0. The van der Waals surface area contributed by atoms with E-state index in [0.29, 0.717) is 0 Å². The number of carbonyl (C=O) groups excluding carboxylic acids is 1. The molecule has 0 amide bonds. The standard InChI is InChI=1S/C13H9NO2S.Na/c15-13(16)10-6-5-9(14-10)12-7-8-3-1-2-4-11(8)17-12;/h1-7,14H,(H,15,16);/q;+1/p-1. The summed E-state index contributed by atoms with van der Waals surface area (Å²) in [6, 6.07) is 13.4. The predicted octanol–water partition coefficient (Wildman–Crippen LogP) is -0.736. The zero-order chi connectivity index (χ0) is 11.8. The molecule has 0 fully saturated rings. The maximum Gasteiger partial charge on any atom is 1.00 e. The molecule has 3 aromatic rings. The van der Waals surface area contributed by atoms with E-state index in [1.807, 2.05) is 30.3 Å². The number of carbonyl (C=O) groups is 1. The number of rotatable bonds is 2. The Kier molecular flexibility index (Phi) is 3.92. The van der Waals surface area contributed by atoms with Gasteiger partial charge in [-0.1, -0.05) is 18.2 Å². The maximum absolute atomic E-state index is 10.7. The first-order valence-corrected chi connectivity index (χ1v) is 5.95. The SMILES string of the molecule is O=C([O-])c1ccc(-c2cc3ccccc3s2)[nH]1.[Na+]. The zero-order valence-corrected chi connectivity index (χ0v) is 12.6. The molecule has 0 atom stereocenters. The fourth-order valence-electron chi connectivity index (χ4n) is 1.77. The van der Waals surface area contributed by atoms with E-state index in [0.717, 1.165) is 16.0 Å². The Morgan fingerprint density at radius 1 is 1.17 bits per heavy atom. The van der Waals surface area contributed by atoms with Gasteiger partial charge in [0.15, 0.2) is 0 Å². The van der Waals surface area contributed by atoms with Gasteiger partial charge in [0.05, 0.1) is 22.2 Å². The number of nitrogens with one attached hydrogen (secondary N) is 1. The van der Waals surface area contributed by atoms with Crippen molar-refractivity contribution < 1.29 is 39.5 Å². The van der Waals surface area contributed by atoms with Gasteiger partial charge >= 0.3 is 29.6 Å². The zero-order valence-electron chi connectivity index (χ0n) is 9.77. The molecule has 2 heterocycles. The summed E-state index contributed by atoms with van der Waals surface area (Å²) in [5.74, 6) is -1.18. The monoisotopic (exact) mass is 265 g/mol. The van der Waals surface area contributed by atoms with E-state index >= 15 is 0 Å². The minimum atomic E-state index is -1.18. The molecule has 0 aliphatic heterocycles. The number of aromatic amines is 1. The summed E-state index contributed by atoms with van der Waals surface area (Å²) < 4.78 is 1.19. The molecule has 3 rings (SSSR count). The summed E-state index contributed by atoms with van der Waals surface area (Å²) in [5.41, 5.74) is 0.919. The van der Waals surface area contributed by atoms with E-state index in [1.165, 1.54) is 10.8 Å². The van der Waals surface area contributed by atoms with Crippen LogP contribution in [0.15, 0.2) is 42.5 Å². The molecule has 0 radical (unpaired) electrons. The Morgan fingerprint density at radius 3 is 2.61 bits per heavy atom. The van der Waals surface area contributed by atoms with E-state index < -0.39 is 5.97 Å². The third-order valence-electron chi connectivity index (χ3n) is 2.60. The Hall–Kier alpha value is -1.07. The number of fused-ring (bicyclic) bond motifs is 1. The number of carboxylic acids is 1. The topological polar surface area (TPSA) is 55.9 Å². The molecule has 18 heavy (non-hydrogen) atoms. The molecule has 0 aliphatic rings. The Bertz CT molecular complexity index is 669. The molecule has 1 N–H and O–H groups in total. The molecule has 84 valence electrons. The van der Waals surface area contributed by atoms with Crippen LogP contribution in [0.25, 0.3) is 20.7 Å². The number of benzene rings is 1. The fourth-order valence-corrected chi connectivity index (χ4v) is 2.82. The normalized spacial score (nSPS) is 10.2. The van der Waals surface area contributed by atoms with Gasteiger partial charge in [0.1, 0.15) is 0 Å². The number of H-pyrrole nitrogens is 1.